The van der Waals surface area contributed by atoms with Crippen LogP contribution in [0.25, 0.3) is 0 Å². The Labute approximate surface area is 73.4 Å². The summed E-state index contributed by atoms with van der Waals surface area (Å²) in [6, 6.07) is 0. The summed E-state index contributed by atoms with van der Waals surface area (Å²) in [5.74, 6) is 0. The first-order valence-corrected chi connectivity index (χ1v) is 4.75. The van der Waals surface area contributed by atoms with Crippen LogP contribution in [0.4, 0.5) is 0 Å². The quantitative estimate of drug-likeness (QED) is 0.678. The van der Waals surface area contributed by atoms with Crippen molar-refractivity contribution in [2.24, 2.45) is 5.41 Å². The fourth-order valence-corrected chi connectivity index (χ4v) is 1.98. The summed E-state index contributed by atoms with van der Waals surface area (Å²) in [4.78, 5) is 0. The molecule has 1 unspecified atom stereocenters. The second kappa shape index (κ2) is 2.61. The van der Waals surface area contributed by atoms with Gasteiger partial charge in [0.25, 0.3) is 0 Å². The highest BCUT2D eigenvalue weighted by molar-refractivity contribution is 5.21. The first-order chi connectivity index (χ1) is 5.73. The number of aromatic amines is 1. The molecule has 2 heteroatoms. The van der Waals surface area contributed by atoms with Crippen molar-refractivity contribution in [3.63, 3.8) is 0 Å². The van der Waals surface area contributed by atoms with Gasteiger partial charge in [-0.25, -0.2) is 0 Å². The fraction of sp³-hybridized carbons (Fsp3) is 0.700. The molecule has 2 rings (SSSR count). The van der Waals surface area contributed by atoms with Gasteiger partial charge in [0.05, 0.1) is 6.20 Å². The number of hydrogen-bond donors (Lipinski definition) is 1. The molecule has 2 nitrogen and oxygen atoms in total. The average Bonchev–Trinajstić information content (AvgIpc) is 2.51. The van der Waals surface area contributed by atoms with E-state index in [9.17, 15) is 0 Å². The van der Waals surface area contributed by atoms with E-state index >= 15 is 0 Å². The molecular weight excluding hydrogens is 148 g/mol. The molecule has 0 bridgehead atoms. The monoisotopic (exact) mass is 164 g/mol. The number of aryl methyl sites for hydroxylation is 1. The smallest absolute Gasteiger partial charge is 0.0522 e. The van der Waals surface area contributed by atoms with Crippen molar-refractivity contribution in [1.29, 1.82) is 0 Å². The minimum Gasteiger partial charge on any atom is -0.282 e. The molecular formula is C10H16N2. The van der Waals surface area contributed by atoms with Crippen molar-refractivity contribution < 1.29 is 0 Å². The van der Waals surface area contributed by atoms with Gasteiger partial charge in [0.2, 0.25) is 0 Å². The summed E-state index contributed by atoms with van der Waals surface area (Å²) in [6.07, 6.45) is 6.95. The Morgan fingerprint density at radius 2 is 2.50 bits per heavy atom. The second-order valence-electron chi connectivity index (χ2n) is 4.21. The Bertz CT molecular complexity index is 277. The number of nitrogens with one attached hydrogen (secondary N) is 1. The Balaban J connectivity index is 2.25. The highest BCUT2D eigenvalue weighted by Crippen LogP contribution is 2.36. The van der Waals surface area contributed by atoms with Gasteiger partial charge in [-0.15, -0.1) is 0 Å². The third-order valence-electron chi connectivity index (χ3n) is 3.26. The maximum atomic E-state index is 4.08. The molecule has 0 aliphatic heterocycles. The van der Waals surface area contributed by atoms with Crippen LogP contribution in [0.3, 0.4) is 0 Å². The van der Waals surface area contributed by atoms with Gasteiger partial charge < -0.3 is 0 Å². The van der Waals surface area contributed by atoms with Crippen molar-refractivity contribution >= 4 is 0 Å². The lowest BCUT2D eigenvalue weighted by Gasteiger charge is -2.31. The van der Waals surface area contributed by atoms with Crippen molar-refractivity contribution in [3.05, 3.63) is 17.5 Å². The molecule has 12 heavy (non-hydrogen) atoms. The maximum absolute atomic E-state index is 4.08. The van der Waals surface area contributed by atoms with E-state index in [4.69, 9.17) is 0 Å². The lowest BCUT2D eigenvalue weighted by molar-refractivity contribution is 0.267. The SMILES string of the molecule is CCC1(C)CCc2[nH]ncc2C1. The number of hydrogen-bond acceptors (Lipinski definition) is 1. The third kappa shape index (κ3) is 1.15. The van der Waals surface area contributed by atoms with Gasteiger partial charge in [0, 0.05) is 5.69 Å². The van der Waals surface area contributed by atoms with E-state index in [2.05, 4.69) is 24.0 Å². The molecule has 1 aliphatic carbocycles. The van der Waals surface area contributed by atoms with Crippen molar-refractivity contribution in [3.8, 4) is 0 Å². The molecule has 0 fully saturated rings. The Morgan fingerprint density at radius 3 is 3.25 bits per heavy atom. The number of aromatic nitrogens is 2. The number of rotatable bonds is 1. The van der Waals surface area contributed by atoms with E-state index in [1.54, 1.807) is 0 Å². The number of nitrogens with zero attached hydrogens (tertiary/aromatic N) is 1. The molecule has 0 spiro atoms. The van der Waals surface area contributed by atoms with E-state index in [0.717, 1.165) is 0 Å². The molecule has 1 aromatic heterocycles. The van der Waals surface area contributed by atoms with E-state index in [1.807, 2.05) is 6.20 Å². The summed E-state index contributed by atoms with van der Waals surface area (Å²) in [6.45, 7) is 4.66. The molecule has 1 aliphatic rings. The van der Waals surface area contributed by atoms with Crippen LogP contribution in [0, 0.1) is 5.41 Å². The molecule has 0 saturated heterocycles. The standard InChI is InChI=1S/C10H16N2/c1-3-10(2)5-4-9-8(6-10)7-11-12-9/h7H,3-6H2,1-2H3,(H,11,12). The zero-order valence-electron chi connectivity index (χ0n) is 7.85. The highest BCUT2D eigenvalue weighted by Gasteiger charge is 2.28. The van der Waals surface area contributed by atoms with E-state index in [0.29, 0.717) is 5.41 Å². The van der Waals surface area contributed by atoms with Crippen LogP contribution >= 0.6 is 0 Å². The van der Waals surface area contributed by atoms with Crippen LogP contribution in [-0.4, -0.2) is 10.2 Å². The molecule has 0 aromatic carbocycles. The molecule has 66 valence electrons. The Morgan fingerprint density at radius 1 is 1.67 bits per heavy atom. The van der Waals surface area contributed by atoms with Gasteiger partial charge in [0.1, 0.15) is 0 Å². The van der Waals surface area contributed by atoms with Crippen molar-refractivity contribution in [2.45, 2.75) is 39.5 Å². The maximum Gasteiger partial charge on any atom is 0.0522 e. The van der Waals surface area contributed by atoms with Crippen LogP contribution in [0.2, 0.25) is 0 Å². The molecule has 0 saturated carbocycles. The molecule has 1 heterocycles. The number of H-pyrrole nitrogens is 1. The van der Waals surface area contributed by atoms with Crippen LogP contribution in [0.1, 0.15) is 37.9 Å². The molecule has 1 atom stereocenters. The van der Waals surface area contributed by atoms with Crippen molar-refractivity contribution in [2.75, 3.05) is 0 Å². The van der Waals surface area contributed by atoms with E-state index < -0.39 is 0 Å². The zero-order valence-corrected chi connectivity index (χ0v) is 7.85. The van der Waals surface area contributed by atoms with Gasteiger partial charge in [-0.1, -0.05) is 20.3 Å². The summed E-state index contributed by atoms with van der Waals surface area (Å²) in [5.41, 5.74) is 3.32. The fourth-order valence-electron chi connectivity index (χ4n) is 1.98. The van der Waals surface area contributed by atoms with Gasteiger partial charge in [-0.05, 0) is 30.2 Å². The minimum absolute atomic E-state index is 0.525. The van der Waals surface area contributed by atoms with E-state index in [-0.39, 0.29) is 0 Å². The predicted molar refractivity (Wildman–Crippen MR) is 49.0 cm³/mol. The second-order valence-corrected chi connectivity index (χ2v) is 4.21. The summed E-state index contributed by atoms with van der Waals surface area (Å²) >= 11 is 0. The highest BCUT2D eigenvalue weighted by atomic mass is 15.1. The van der Waals surface area contributed by atoms with Gasteiger partial charge >= 0.3 is 0 Å². The Hall–Kier alpha value is -0.790. The van der Waals surface area contributed by atoms with Gasteiger partial charge in [0.15, 0.2) is 0 Å². The van der Waals surface area contributed by atoms with Gasteiger partial charge in [-0.2, -0.15) is 5.10 Å². The van der Waals surface area contributed by atoms with Crippen LogP contribution in [0.5, 0.6) is 0 Å². The zero-order chi connectivity index (χ0) is 8.60. The van der Waals surface area contributed by atoms with Crippen LogP contribution in [0.15, 0.2) is 6.20 Å². The summed E-state index contributed by atoms with van der Waals surface area (Å²) in [5, 5.41) is 7.15. The largest absolute Gasteiger partial charge is 0.282 e. The predicted octanol–water partition coefficient (Wildman–Crippen LogP) is 2.31. The lowest BCUT2D eigenvalue weighted by Crippen LogP contribution is -2.24. The van der Waals surface area contributed by atoms with Crippen molar-refractivity contribution in [1.82, 2.24) is 10.2 Å². The molecule has 1 N–H and O–H groups in total. The third-order valence-corrected chi connectivity index (χ3v) is 3.26. The Kier molecular flexibility index (Phi) is 1.71. The van der Waals surface area contributed by atoms with Crippen LogP contribution in [-0.2, 0) is 12.8 Å². The summed E-state index contributed by atoms with van der Waals surface area (Å²) < 4.78 is 0. The first-order valence-electron chi connectivity index (χ1n) is 4.75. The topological polar surface area (TPSA) is 28.7 Å². The molecule has 0 radical (unpaired) electrons. The van der Waals surface area contributed by atoms with Crippen LogP contribution < -0.4 is 0 Å². The number of fused-ring (bicyclic) bond motifs is 1. The average molecular weight is 164 g/mol. The minimum atomic E-state index is 0.525. The summed E-state index contributed by atoms with van der Waals surface area (Å²) in [7, 11) is 0. The molecule has 1 aromatic rings. The molecule has 0 amide bonds. The van der Waals surface area contributed by atoms with Gasteiger partial charge in [-0.3, -0.25) is 5.10 Å². The van der Waals surface area contributed by atoms with E-state index in [1.165, 1.54) is 36.9 Å². The lowest BCUT2D eigenvalue weighted by atomic mass is 9.73. The first kappa shape index (κ1) is 7.84. The normalized spacial score (nSPS) is 28.5.